The van der Waals surface area contributed by atoms with Gasteiger partial charge in [-0.25, -0.2) is 4.98 Å². The van der Waals surface area contributed by atoms with Crippen LogP contribution in [0.2, 0.25) is 0 Å². The number of rotatable bonds is 5. The second kappa shape index (κ2) is 6.60. The van der Waals surface area contributed by atoms with Crippen LogP contribution in [0, 0.1) is 0 Å². The summed E-state index contributed by atoms with van der Waals surface area (Å²) in [7, 11) is 3.15. The summed E-state index contributed by atoms with van der Waals surface area (Å²) in [5.41, 5.74) is 6.93. The van der Waals surface area contributed by atoms with Gasteiger partial charge in [0.15, 0.2) is 11.5 Å². The summed E-state index contributed by atoms with van der Waals surface area (Å²) in [5.74, 6) is 1.37. The van der Waals surface area contributed by atoms with E-state index < -0.39 is 0 Å². The highest BCUT2D eigenvalue weighted by Gasteiger charge is 2.08. The van der Waals surface area contributed by atoms with Crippen molar-refractivity contribution in [1.29, 1.82) is 0 Å². The van der Waals surface area contributed by atoms with Crippen molar-refractivity contribution in [3.63, 3.8) is 0 Å². The molecule has 3 N–H and O–H groups in total. The average molecular weight is 287 g/mol. The van der Waals surface area contributed by atoms with E-state index in [2.05, 4.69) is 10.3 Å². The molecule has 0 aliphatic carbocycles. The molecule has 6 nitrogen and oxygen atoms in total. The van der Waals surface area contributed by atoms with E-state index in [1.54, 1.807) is 26.4 Å². The van der Waals surface area contributed by atoms with Crippen molar-refractivity contribution in [3.8, 4) is 11.5 Å². The Balaban J connectivity index is 2.04. The summed E-state index contributed by atoms with van der Waals surface area (Å²) in [6.45, 7) is 0.376. The van der Waals surface area contributed by atoms with Gasteiger partial charge in [-0.2, -0.15) is 0 Å². The lowest BCUT2D eigenvalue weighted by molar-refractivity contribution is 0.0951. The van der Waals surface area contributed by atoms with Crippen LogP contribution in [-0.4, -0.2) is 25.1 Å². The van der Waals surface area contributed by atoms with Gasteiger partial charge in [0, 0.05) is 18.3 Å². The Labute approximate surface area is 122 Å². The molecule has 0 saturated carbocycles. The number of hydrogen-bond donors (Lipinski definition) is 2. The standard InChI is InChI=1S/C15H17N3O3/c1-20-12-4-3-10(7-13(12)21-2)9-18-15(19)11-5-6-17-14(16)8-11/h3-8H,9H2,1-2H3,(H2,16,17)(H,18,19). The first-order chi connectivity index (χ1) is 10.1. The average Bonchev–Trinajstić information content (AvgIpc) is 2.52. The fourth-order valence-electron chi connectivity index (χ4n) is 1.86. The Morgan fingerprint density at radius 1 is 1.19 bits per heavy atom. The van der Waals surface area contributed by atoms with Gasteiger partial charge in [0.25, 0.3) is 5.91 Å². The maximum absolute atomic E-state index is 12.0. The molecule has 6 heteroatoms. The molecule has 1 heterocycles. The number of carbonyl (C=O) groups excluding carboxylic acids is 1. The molecule has 110 valence electrons. The molecule has 0 aliphatic rings. The van der Waals surface area contributed by atoms with Gasteiger partial charge in [0.2, 0.25) is 0 Å². The number of nitrogens with one attached hydrogen (secondary N) is 1. The largest absolute Gasteiger partial charge is 0.493 e. The Morgan fingerprint density at radius 3 is 2.62 bits per heavy atom. The molecule has 0 fully saturated rings. The van der Waals surface area contributed by atoms with E-state index >= 15 is 0 Å². The van der Waals surface area contributed by atoms with E-state index in [9.17, 15) is 4.79 Å². The van der Waals surface area contributed by atoms with Crippen molar-refractivity contribution in [2.45, 2.75) is 6.54 Å². The molecule has 0 radical (unpaired) electrons. The molecule has 0 saturated heterocycles. The topological polar surface area (TPSA) is 86.5 Å². The molecule has 1 aromatic carbocycles. The summed E-state index contributed by atoms with van der Waals surface area (Å²) < 4.78 is 10.4. The van der Waals surface area contributed by atoms with Crippen molar-refractivity contribution < 1.29 is 14.3 Å². The number of nitrogen functional groups attached to an aromatic ring is 1. The van der Waals surface area contributed by atoms with Gasteiger partial charge in [-0.1, -0.05) is 6.07 Å². The third-order valence-corrected chi connectivity index (χ3v) is 2.94. The SMILES string of the molecule is COc1ccc(CNC(=O)c2ccnc(N)c2)cc1OC. The van der Waals surface area contributed by atoms with Crippen molar-refractivity contribution in [2.24, 2.45) is 0 Å². The van der Waals surface area contributed by atoms with Crippen LogP contribution < -0.4 is 20.5 Å². The van der Waals surface area contributed by atoms with Crippen molar-refractivity contribution >= 4 is 11.7 Å². The minimum absolute atomic E-state index is 0.209. The van der Waals surface area contributed by atoms with E-state index in [0.717, 1.165) is 5.56 Å². The zero-order valence-corrected chi connectivity index (χ0v) is 11.9. The molecule has 2 rings (SSSR count). The number of carbonyl (C=O) groups is 1. The molecule has 0 bridgehead atoms. The van der Waals surface area contributed by atoms with Crippen molar-refractivity contribution in [2.75, 3.05) is 20.0 Å². The Hall–Kier alpha value is -2.76. The number of pyridine rings is 1. The predicted molar refractivity (Wildman–Crippen MR) is 79.4 cm³/mol. The lowest BCUT2D eigenvalue weighted by Gasteiger charge is -2.10. The normalized spacial score (nSPS) is 10.0. The summed E-state index contributed by atoms with van der Waals surface area (Å²) >= 11 is 0. The second-order valence-electron chi connectivity index (χ2n) is 4.34. The first kappa shape index (κ1) is 14.6. The fourth-order valence-corrected chi connectivity index (χ4v) is 1.86. The van der Waals surface area contributed by atoms with Gasteiger partial charge < -0.3 is 20.5 Å². The molecule has 1 amide bonds. The number of methoxy groups -OCH3 is 2. The van der Waals surface area contributed by atoms with Gasteiger partial charge in [0.05, 0.1) is 14.2 Å². The van der Waals surface area contributed by atoms with Gasteiger partial charge in [-0.05, 0) is 29.8 Å². The highest BCUT2D eigenvalue weighted by atomic mass is 16.5. The monoisotopic (exact) mass is 287 g/mol. The molecule has 2 aromatic rings. The number of nitrogens with two attached hydrogens (primary N) is 1. The third-order valence-electron chi connectivity index (χ3n) is 2.94. The van der Waals surface area contributed by atoms with Crippen LogP contribution in [0.5, 0.6) is 11.5 Å². The smallest absolute Gasteiger partial charge is 0.251 e. The number of benzene rings is 1. The number of ether oxygens (including phenoxy) is 2. The summed E-state index contributed by atoms with van der Waals surface area (Å²) in [6.07, 6.45) is 1.50. The Morgan fingerprint density at radius 2 is 1.95 bits per heavy atom. The first-order valence-electron chi connectivity index (χ1n) is 6.34. The van der Waals surface area contributed by atoms with E-state index in [1.807, 2.05) is 12.1 Å². The van der Waals surface area contributed by atoms with Gasteiger partial charge >= 0.3 is 0 Å². The number of hydrogen-bond acceptors (Lipinski definition) is 5. The molecule has 21 heavy (non-hydrogen) atoms. The van der Waals surface area contributed by atoms with E-state index in [1.165, 1.54) is 12.3 Å². The zero-order valence-electron chi connectivity index (χ0n) is 11.9. The molecular weight excluding hydrogens is 270 g/mol. The molecule has 1 aromatic heterocycles. The summed E-state index contributed by atoms with van der Waals surface area (Å²) in [4.78, 5) is 15.8. The highest BCUT2D eigenvalue weighted by Crippen LogP contribution is 2.27. The first-order valence-corrected chi connectivity index (χ1v) is 6.34. The minimum atomic E-state index is -0.209. The number of amides is 1. The van der Waals surface area contributed by atoms with Crippen LogP contribution in [0.4, 0.5) is 5.82 Å². The minimum Gasteiger partial charge on any atom is -0.493 e. The van der Waals surface area contributed by atoms with Crippen LogP contribution in [0.3, 0.4) is 0 Å². The lowest BCUT2D eigenvalue weighted by Crippen LogP contribution is -2.23. The van der Waals surface area contributed by atoms with E-state index in [0.29, 0.717) is 29.4 Å². The maximum Gasteiger partial charge on any atom is 0.251 e. The molecule has 0 unspecified atom stereocenters. The summed E-state index contributed by atoms with van der Waals surface area (Å²) in [6, 6.07) is 8.62. The quantitative estimate of drug-likeness (QED) is 0.872. The van der Waals surface area contributed by atoms with Crippen molar-refractivity contribution in [1.82, 2.24) is 10.3 Å². The molecule has 0 spiro atoms. The van der Waals surface area contributed by atoms with Crippen LogP contribution in [0.25, 0.3) is 0 Å². The van der Waals surface area contributed by atoms with Crippen LogP contribution in [-0.2, 0) is 6.54 Å². The zero-order chi connectivity index (χ0) is 15.2. The summed E-state index contributed by atoms with van der Waals surface area (Å²) in [5, 5.41) is 2.81. The third kappa shape index (κ3) is 3.62. The molecule has 0 aliphatic heterocycles. The van der Waals surface area contributed by atoms with Crippen LogP contribution in [0.1, 0.15) is 15.9 Å². The Bertz CT molecular complexity index is 644. The molecular formula is C15H17N3O3. The van der Waals surface area contributed by atoms with E-state index in [4.69, 9.17) is 15.2 Å². The second-order valence-corrected chi connectivity index (χ2v) is 4.34. The van der Waals surface area contributed by atoms with Gasteiger partial charge in [-0.3, -0.25) is 4.79 Å². The lowest BCUT2D eigenvalue weighted by atomic mass is 10.2. The number of nitrogens with zero attached hydrogens (tertiary/aromatic N) is 1. The predicted octanol–water partition coefficient (Wildman–Crippen LogP) is 1.61. The van der Waals surface area contributed by atoms with Crippen LogP contribution >= 0.6 is 0 Å². The van der Waals surface area contributed by atoms with E-state index in [-0.39, 0.29) is 5.91 Å². The van der Waals surface area contributed by atoms with Gasteiger partial charge in [0.1, 0.15) is 5.82 Å². The number of anilines is 1. The Kier molecular flexibility index (Phi) is 4.61. The number of aromatic nitrogens is 1. The van der Waals surface area contributed by atoms with Gasteiger partial charge in [-0.15, -0.1) is 0 Å². The highest BCUT2D eigenvalue weighted by molar-refractivity contribution is 5.94. The maximum atomic E-state index is 12.0. The fraction of sp³-hybridized carbons (Fsp3) is 0.200. The van der Waals surface area contributed by atoms with Crippen molar-refractivity contribution in [3.05, 3.63) is 47.7 Å². The van der Waals surface area contributed by atoms with Crippen LogP contribution in [0.15, 0.2) is 36.5 Å². The molecule has 0 atom stereocenters.